The highest BCUT2D eigenvalue weighted by Crippen LogP contribution is 2.36. The van der Waals surface area contributed by atoms with E-state index in [1.807, 2.05) is 12.1 Å². The fraction of sp³-hybridized carbons (Fsp3) is 0.391. The largest absolute Gasteiger partial charge is 0.407 e. The lowest BCUT2D eigenvalue weighted by atomic mass is 10.1. The van der Waals surface area contributed by atoms with E-state index in [0.717, 1.165) is 6.42 Å². The van der Waals surface area contributed by atoms with Gasteiger partial charge in [-0.1, -0.05) is 99.6 Å². The molecule has 0 unspecified atom stereocenters. The van der Waals surface area contributed by atoms with Crippen molar-refractivity contribution >= 4 is 30.3 Å². The Balaban J connectivity index is 2.29. The number of hydrogen-bond acceptors (Lipinski definition) is 2. The summed E-state index contributed by atoms with van der Waals surface area (Å²) in [5.74, 6) is 0. The second-order valence-electron chi connectivity index (χ2n) is 8.03. The van der Waals surface area contributed by atoms with E-state index in [4.69, 9.17) is 16.0 Å². The van der Waals surface area contributed by atoms with E-state index in [1.165, 1.54) is 10.4 Å². The summed E-state index contributed by atoms with van der Waals surface area (Å²) >= 11 is 5.80. The quantitative estimate of drug-likeness (QED) is 0.480. The molecule has 0 aliphatic carbocycles. The fourth-order valence-corrected chi connectivity index (χ4v) is 8.45. The van der Waals surface area contributed by atoms with Crippen LogP contribution in [0.15, 0.2) is 72.3 Å². The summed E-state index contributed by atoms with van der Waals surface area (Å²) < 4.78 is 6.79. The molecule has 4 heteroatoms. The number of rotatable bonds is 9. The van der Waals surface area contributed by atoms with E-state index in [0.29, 0.717) is 24.5 Å². The number of hydrogen-bond donors (Lipinski definition) is 1. The van der Waals surface area contributed by atoms with Crippen LogP contribution in [0.4, 0.5) is 0 Å². The summed E-state index contributed by atoms with van der Waals surface area (Å²) in [6.45, 7) is 11.1. The topological polar surface area (TPSA) is 29.5 Å². The minimum atomic E-state index is -2.48. The van der Waals surface area contributed by atoms with Gasteiger partial charge in [-0.2, -0.15) is 0 Å². The van der Waals surface area contributed by atoms with Gasteiger partial charge in [0.1, 0.15) is 0 Å². The molecule has 2 nitrogen and oxygen atoms in total. The van der Waals surface area contributed by atoms with Gasteiger partial charge >= 0.3 is 0 Å². The Morgan fingerprint density at radius 3 is 1.93 bits per heavy atom. The average molecular weight is 403 g/mol. The van der Waals surface area contributed by atoms with Gasteiger partial charge in [-0.05, 0) is 28.3 Å². The maximum Gasteiger partial charge on any atom is 0.261 e. The van der Waals surface area contributed by atoms with Crippen molar-refractivity contribution in [3.63, 3.8) is 0 Å². The van der Waals surface area contributed by atoms with Crippen LogP contribution in [0.2, 0.25) is 5.04 Å². The van der Waals surface area contributed by atoms with Gasteiger partial charge in [-0.3, -0.25) is 0 Å². The molecule has 1 N–H and O–H groups in total. The molecule has 2 aromatic carbocycles. The highest BCUT2D eigenvalue weighted by atomic mass is 35.5. The van der Waals surface area contributed by atoms with Gasteiger partial charge < -0.3 is 9.53 Å². The molecule has 0 amide bonds. The number of benzene rings is 2. The molecule has 146 valence electrons. The van der Waals surface area contributed by atoms with Crippen molar-refractivity contribution in [2.24, 2.45) is 0 Å². The molecule has 0 aliphatic rings. The lowest BCUT2D eigenvalue weighted by molar-refractivity contribution is 0.153. The van der Waals surface area contributed by atoms with Crippen LogP contribution in [0.5, 0.6) is 0 Å². The molecule has 0 saturated heterocycles. The summed E-state index contributed by atoms with van der Waals surface area (Å²) in [6, 6.07) is 21.2. The summed E-state index contributed by atoms with van der Waals surface area (Å²) in [4.78, 5) is 0. The van der Waals surface area contributed by atoms with Gasteiger partial charge in [0.2, 0.25) is 0 Å². The second-order valence-corrected chi connectivity index (χ2v) is 12.9. The lowest BCUT2D eigenvalue weighted by Gasteiger charge is -2.43. The maximum atomic E-state index is 10.1. The van der Waals surface area contributed by atoms with Gasteiger partial charge in [0.15, 0.2) is 0 Å². The highest BCUT2D eigenvalue weighted by molar-refractivity contribution is 6.99. The molecule has 0 fully saturated rings. The summed E-state index contributed by atoms with van der Waals surface area (Å²) in [7, 11) is -2.48. The number of aliphatic hydroxyl groups is 1. The molecule has 2 rings (SSSR count). The molecular weight excluding hydrogens is 372 g/mol. The van der Waals surface area contributed by atoms with Crippen molar-refractivity contribution < 1.29 is 9.53 Å². The first-order valence-electron chi connectivity index (χ1n) is 9.53. The van der Waals surface area contributed by atoms with Crippen molar-refractivity contribution in [2.75, 3.05) is 6.61 Å². The molecule has 0 saturated carbocycles. The van der Waals surface area contributed by atoms with Crippen LogP contribution in [-0.2, 0) is 4.43 Å². The summed E-state index contributed by atoms with van der Waals surface area (Å²) in [5.41, 5.74) is 0. The minimum absolute atomic E-state index is 0.0290. The summed E-state index contributed by atoms with van der Waals surface area (Å²) in [5, 5.41) is 13.1. The first-order valence-corrected chi connectivity index (χ1v) is 11.8. The molecule has 0 aromatic heterocycles. The average Bonchev–Trinajstić information content (AvgIpc) is 2.61. The third kappa shape index (κ3) is 5.55. The minimum Gasteiger partial charge on any atom is -0.407 e. The van der Waals surface area contributed by atoms with Crippen molar-refractivity contribution in [2.45, 2.75) is 51.2 Å². The molecule has 0 bridgehead atoms. The first kappa shape index (κ1) is 21.9. The Bertz CT molecular complexity index is 671. The highest BCUT2D eigenvalue weighted by Gasteiger charge is 2.49. The van der Waals surface area contributed by atoms with Crippen LogP contribution in [0.3, 0.4) is 0 Å². The molecule has 2 aromatic rings. The second kappa shape index (κ2) is 9.70. The Morgan fingerprint density at radius 1 is 1.04 bits per heavy atom. The Labute approximate surface area is 170 Å². The van der Waals surface area contributed by atoms with E-state index in [-0.39, 0.29) is 5.04 Å². The van der Waals surface area contributed by atoms with Crippen LogP contribution in [0.1, 0.15) is 40.0 Å². The fourth-order valence-electron chi connectivity index (χ4n) is 3.66. The van der Waals surface area contributed by atoms with Crippen LogP contribution in [0.25, 0.3) is 0 Å². The first-order chi connectivity index (χ1) is 12.8. The van der Waals surface area contributed by atoms with Crippen LogP contribution in [-0.4, -0.2) is 26.1 Å². The van der Waals surface area contributed by atoms with Gasteiger partial charge in [-0.25, -0.2) is 0 Å². The van der Waals surface area contributed by atoms with Gasteiger partial charge in [-0.15, -0.1) is 0 Å². The Kier molecular flexibility index (Phi) is 7.87. The van der Waals surface area contributed by atoms with E-state index in [2.05, 4.69) is 75.9 Å². The Hall–Kier alpha value is -1.39. The normalized spacial score (nSPS) is 13.4. The van der Waals surface area contributed by atoms with Crippen molar-refractivity contribution in [3.8, 4) is 0 Å². The third-order valence-corrected chi connectivity index (χ3v) is 10.1. The predicted octanol–water partition coefficient (Wildman–Crippen LogP) is 4.85. The van der Waals surface area contributed by atoms with Crippen LogP contribution < -0.4 is 10.4 Å². The maximum absolute atomic E-state index is 10.1. The summed E-state index contributed by atoms with van der Waals surface area (Å²) in [6.07, 6.45) is 1.42. The van der Waals surface area contributed by atoms with Crippen LogP contribution in [0, 0.1) is 0 Å². The third-order valence-electron chi connectivity index (χ3n) is 4.87. The molecule has 0 aliphatic heterocycles. The smallest absolute Gasteiger partial charge is 0.261 e. The van der Waals surface area contributed by atoms with Gasteiger partial charge in [0.25, 0.3) is 8.32 Å². The number of halogens is 1. The van der Waals surface area contributed by atoms with E-state index < -0.39 is 14.4 Å². The van der Waals surface area contributed by atoms with Crippen molar-refractivity contribution in [3.05, 3.63) is 72.3 Å². The molecule has 0 radical (unpaired) electrons. The van der Waals surface area contributed by atoms with E-state index in [9.17, 15) is 5.11 Å². The lowest BCUT2D eigenvalue weighted by Crippen LogP contribution is -2.66. The standard InChI is InChI=1S/C23H31ClO2Si/c1-19(24)18-20(25)12-11-17-26-27(23(2,3)4,21-13-7-5-8-14-21)22-15-9-6-10-16-22/h5-10,13-16,20,25H,1,11-12,17-18H2,2-4H3/t20-/m1/s1. The number of aliphatic hydroxyl groups excluding tert-OH is 1. The van der Waals surface area contributed by atoms with E-state index in [1.54, 1.807) is 0 Å². The molecule has 27 heavy (non-hydrogen) atoms. The predicted molar refractivity (Wildman–Crippen MR) is 118 cm³/mol. The monoisotopic (exact) mass is 402 g/mol. The zero-order valence-corrected chi connectivity index (χ0v) is 18.4. The molecular formula is C23H31ClO2Si. The molecule has 1 atom stereocenters. The van der Waals surface area contributed by atoms with Crippen molar-refractivity contribution in [1.29, 1.82) is 0 Å². The van der Waals surface area contributed by atoms with Crippen LogP contribution >= 0.6 is 11.6 Å². The van der Waals surface area contributed by atoms with Gasteiger partial charge in [0.05, 0.1) is 6.10 Å². The van der Waals surface area contributed by atoms with Crippen molar-refractivity contribution in [1.82, 2.24) is 0 Å². The Morgan fingerprint density at radius 2 is 1.52 bits per heavy atom. The zero-order chi connectivity index (χ0) is 19.9. The molecule has 0 spiro atoms. The SMILES string of the molecule is C=C(Cl)C[C@H](O)CCCO[Si](c1ccccc1)(c1ccccc1)C(C)(C)C. The van der Waals surface area contributed by atoms with Gasteiger partial charge in [0, 0.05) is 18.1 Å². The molecule has 0 heterocycles. The van der Waals surface area contributed by atoms with E-state index >= 15 is 0 Å². The zero-order valence-electron chi connectivity index (χ0n) is 16.6.